The second-order valence-corrected chi connectivity index (χ2v) is 11.7. The molecule has 0 aliphatic carbocycles. The highest BCUT2D eigenvalue weighted by atomic mass is 16.5. The van der Waals surface area contributed by atoms with Crippen molar-refractivity contribution in [2.45, 2.75) is 33.0 Å². The van der Waals surface area contributed by atoms with Crippen LogP contribution in [-0.2, 0) is 5.41 Å². The summed E-state index contributed by atoms with van der Waals surface area (Å²) in [6.07, 6.45) is 21.5. The number of hydrogen-bond acceptors (Lipinski definition) is 6. The first kappa shape index (κ1) is 19.6. The van der Waals surface area contributed by atoms with Crippen molar-refractivity contribution in [1.29, 1.82) is 0 Å². The summed E-state index contributed by atoms with van der Waals surface area (Å²) in [6, 6.07) is 7.20. The van der Waals surface area contributed by atoms with Gasteiger partial charge in [0.1, 0.15) is 5.75 Å². The second kappa shape index (κ2) is 9.28. The number of fused-ring (bicyclic) bond motifs is 10. The second-order valence-electron chi connectivity index (χ2n) is 11.7. The Balaban J connectivity index is 1.40. The van der Waals surface area contributed by atoms with Gasteiger partial charge in [-0.15, -0.1) is 0 Å². The molecule has 2 aromatic rings. The van der Waals surface area contributed by atoms with Gasteiger partial charge in [0, 0.05) is 42.1 Å². The molecule has 1 saturated heterocycles. The third kappa shape index (κ3) is 3.60. The topological polar surface area (TPSA) is 35.1 Å². The first-order chi connectivity index (χ1) is 22.9. The predicted octanol–water partition coefficient (Wildman–Crippen LogP) is 5.70. The van der Waals surface area contributed by atoms with Crippen LogP contribution in [0.4, 0.5) is 0 Å². The van der Waals surface area contributed by atoms with Crippen molar-refractivity contribution in [3.05, 3.63) is 143 Å². The average Bonchev–Trinajstić information content (AvgIpc) is 3.06. The lowest BCUT2D eigenvalue weighted by atomic mass is 9.41. The molecular weight excluding hydrogens is 514 g/mol. The molecule has 10 heteroatoms. The highest BCUT2D eigenvalue weighted by Crippen LogP contribution is 2.51. The minimum Gasteiger partial charge on any atom is -0.438 e. The van der Waals surface area contributed by atoms with Gasteiger partial charge < -0.3 is 23.6 Å². The molecule has 6 nitrogen and oxygen atoms in total. The molecule has 7 heterocycles. The SMILES string of the molecule is [2H]C([2H])([2H])C1=CB2N3C=CC=CB3N3C=CC=CB3N3C=CC=CB3N2C=C1c1c(C([2H])([2H])[2H])ccc2c1Oc1ncccc1C2(C)C. The van der Waals surface area contributed by atoms with Crippen LogP contribution in [0.2, 0.25) is 0 Å². The van der Waals surface area contributed by atoms with Gasteiger partial charge in [-0.3, -0.25) is 0 Å². The van der Waals surface area contributed by atoms with Crippen LogP contribution in [-0.4, -0.2) is 51.8 Å². The van der Waals surface area contributed by atoms with Crippen LogP contribution in [0, 0.1) is 6.85 Å². The minimum atomic E-state index is -2.58. The Morgan fingerprint density at radius 1 is 0.762 bits per heavy atom. The fourth-order valence-corrected chi connectivity index (χ4v) is 6.92. The Labute approximate surface area is 258 Å². The van der Waals surface area contributed by atoms with Crippen molar-refractivity contribution in [2.24, 2.45) is 0 Å². The number of aromatic nitrogens is 1. The summed E-state index contributed by atoms with van der Waals surface area (Å²) in [5.74, 6) is 8.77. The van der Waals surface area contributed by atoms with E-state index in [1.54, 1.807) is 24.3 Å². The van der Waals surface area contributed by atoms with Crippen LogP contribution in [0.25, 0.3) is 5.57 Å². The molecule has 202 valence electrons. The average molecular weight is 551 g/mol. The fourth-order valence-electron chi connectivity index (χ4n) is 6.92. The summed E-state index contributed by atoms with van der Waals surface area (Å²) < 4.78 is 67.6. The predicted molar refractivity (Wildman–Crippen MR) is 175 cm³/mol. The number of hydrogen-bond donors (Lipinski definition) is 0. The fraction of sp³-hybridized carbons (Fsp3) is 0.156. The van der Waals surface area contributed by atoms with Crippen molar-refractivity contribution < 1.29 is 13.0 Å². The summed E-state index contributed by atoms with van der Waals surface area (Å²) in [4.78, 5) is 4.51. The Bertz CT molecular complexity index is 1950. The van der Waals surface area contributed by atoms with Gasteiger partial charge >= 0.3 is 27.9 Å². The summed E-state index contributed by atoms with van der Waals surface area (Å²) in [6.45, 7) is -2.32. The molecule has 0 spiro atoms. The Morgan fingerprint density at radius 2 is 1.43 bits per heavy atom. The Morgan fingerprint density at radius 3 is 2.10 bits per heavy atom. The summed E-state index contributed by atoms with van der Waals surface area (Å²) in [5.41, 5.74) is 1.63. The van der Waals surface area contributed by atoms with Crippen molar-refractivity contribution >= 4 is 33.5 Å². The van der Waals surface area contributed by atoms with Crippen LogP contribution in [0.1, 0.15) is 51.2 Å². The van der Waals surface area contributed by atoms with Crippen LogP contribution >= 0.6 is 0 Å². The van der Waals surface area contributed by atoms with Gasteiger partial charge in [-0.2, -0.15) is 0 Å². The smallest absolute Gasteiger partial charge is 0.380 e. The molecule has 0 saturated carbocycles. The van der Waals surface area contributed by atoms with E-state index in [0.717, 1.165) is 11.1 Å². The molecule has 1 aromatic carbocycles. The number of ether oxygens (including phenoxy) is 1. The van der Waals surface area contributed by atoms with Gasteiger partial charge in [0.15, 0.2) is 0 Å². The van der Waals surface area contributed by atoms with Gasteiger partial charge in [-0.1, -0.05) is 79.7 Å². The van der Waals surface area contributed by atoms with Crippen molar-refractivity contribution in [3.63, 3.8) is 0 Å². The summed E-state index contributed by atoms with van der Waals surface area (Å²) in [5, 5.41) is 0. The molecule has 0 atom stereocenters. The van der Waals surface area contributed by atoms with Gasteiger partial charge in [0.25, 0.3) is 0 Å². The van der Waals surface area contributed by atoms with E-state index < -0.39 is 26.1 Å². The normalized spacial score (nSPS) is 23.3. The third-order valence-corrected chi connectivity index (χ3v) is 9.03. The van der Waals surface area contributed by atoms with E-state index in [4.69, 9.17) is 13.0 Å². The lowest BCUT2D eigenvalue weighted by molar-refractivity contribution is 0.400. The third-order valence-electron chi connectivity index (χ3n) is 9.03. The standard InChI is InChI=1S/C32H31B4N5O/c1-24-13-14-27-30(42-31-28(32(27,3)4)12-11-18-37-31)29(24)26-23-41-35-17-7-9-20-39(35)33-15-5-8-19-38(33)34-16-6-10-21-40(34)36(41)22-25(26)2/h5-23H,1-4H3/i1D3,2D3. The van der Waals surface area contributed by atoms with Gasteiger partial charge in [0.05, 0.1) is 0 Å². The molecule has 6 aliphatic heterocycles. The monoisotopic (exact) mass is 551 g/mol. The van der Waals surface area contributed by atoms with Gasteiger partial charge in [-0.25, -0.2) is 4.98 Å². The van der Waals surface area contributed by atoms with Crippen LogP contribution in [0.3, 0.4) is 0 Å². The maximum absolute atomic E-state index is 8.83. The zero-order valence-electron chi connectivity index (χ0n) is 29.4. The first-order valence-electron chi connectivity index (χ1n) is 17.3. The molecule has 0 N–H and O–H groups in total. The lowest BCUT2D eigenvalue weighted by Crippen LogP contribution is -2.73. The van der Waals surface area contributed by atoms with E-state index in [2.05, 4.69) is 48.0 Å². The minimum absolute atomic E-state index is 0.0180. The molecule has 0 unspecified atom stereocenters. The van der Waals surface area contributed by atoms with Crippen LogP contribution in [0.15, 0.2) is 121 Å². The maximum Gasteiger partial charge on any atom is 0.380 e. The number of benzene rings is 1. The zero-order valence-corrected chi connectivity index (χ0v) is 23.4. The maximum atomic E-state index is 8.83. The van der Waals surface area contributed by atoms with Crippen LogP contribution < -0.4 is 4.74 Å². The van der Waals surface area contributed by atoms with Gasteiger partial charge in [0.2, 0.25) is 5.88 Å². The molecule has 8 rings (SSSR count). The molecule has 1 aromatic heterocycles. The molecule has 0 bridgehead atoms. The Kier molecular flexibility index (Phi) is 4.34. The molecule has 0 amide bonds. The summed E-state index contributed by atoms with van der Waals surface area (Å²) in [7, 11) is 0. The highest BCUT2D eigenvalue weighted by molar-refractivity contribution is 6.92. The number of pyridine rings is 1. The van der Waals surface area contributed by atoms with Crippen molar-refractivity contribution in [1.82, 2.24) is 23.9 Å². The number of allylic oxidation sites excluding steroid dienone is 8. The molecule has 42 heavy (non-hydrogen) atoms. The summed E-state index contributed by atoms with van der Waals surface area (Å²) >= 11 is 0. The van der Waals surface area contributed by atoms with E-state index in [9.17, 15) is 0 Å². The van der Waals surface area contributed by atoms with Crippen molar-refractivity contribution in [2.75, 3.05) is 0 Å². The molecule has 0 radical (unpaired) electrons. The van der Waals surface area contributed by atoms with E-state index in [1.165, 1.54) is 0 Å². The zero-order chi connectivity index (χ0) is 33.6. The number of aryl methyl sites for hydroxylation is 1. The van der Waals surface area contributed by atoms with Crippen molar-refractivity contribution in [3.8, 4) is 11.6 Å². The molecule has 6 aliphatic rings. The Hall–Kier alpha value is -4.45. The first-order valence-corrected chi connectivity index (χ1v) is 14.3. The van der Waals surface area contributed by atoms with E-state index >= 15 is 0 Å². The highest BCUT2D eigenvalue weighted by Gasteiger charge is 2.50. The quantitative estimate of drug-likeness (QED) is 0.424. The van der Waals surface area contributed by atoms with Gasteiger partial charge in [-0.05, 0) is 68.4 Å². The van der Waals surface area contributed by atoms with E-state index in [1.807, 2.05) is 81.0 Å². The van der Waals surface area contributed by atoms with E-state index in [-0.39, 0.29) is 43.2 Å². The van der Waals surface area contributed by atoms with E-state index in [0.29, 0.717) is 11.6 Å². The molecule has 1 fully saturated rings. The van der Waals surface area contributed by atoms with Crippen LogP contribution in [0.5, 0.6) is 11.6 Å². The largest absolute Gasteiger partial charge is 0.438 e. The number of nitrogens with zero attached hydrogens (tertiary/aromatic N) is 5. The molecular formula is C32H31B4N5O. The number of rotatable bonds is 1. The lowest BCUT2D eigenvalue weighted by Gasteiger charge is -2.53.